The molecule has 140 valence electrons. The van der Waals surface area contributed by atoms with Crippen LogP contribution in [0, 0.1) is 0 Å². The second kappa shape index (κ2) is 7.86. The maximum absolute atomic E-state index is 12.4. The summed E-state index contributed by atoms with van der Waals surface area (Å²) < 4.78 is 34.7. The van der Waals surface area contributed by atoms with Gasteiger partial charge >= 0.3 is 11.8 Å². The summed E-state index contributed by atoms with van der Waals surface area (Å²) >= 11 is 0. The maximum Gasteiger partial charge on any atom is 0.315 e. The van der Waals surface area contributed by atoms with Crippen molar-refractivity contribution in [1.82, 2.24) is 15.5 Å². The fourth-order valence-corrected chi connectivity index (χ4v) is 4.13. The fraction of sp³-hybridized carbons (Fsp3) is 0.471. The SMILES string of the molecule is COc1ccc(S(=O)(=O)CCc2noc(C(=O)NC3CCCC3)n2)cc1. The summed E-state index contributed by atoms with van der Waals surface area (Å²) in [5.74, 6) is 0.0591. The summed E-state index contributed by atoms with van der Waals surface area (Å²) in [6.07, 6.45) is 4.17. The number of hydrogen-bond donors (Lipinski definition) is 1. The molecule has 0 atom stereocenters. The Hall–Kier alpha value is -2.42. The predicted molar refractivity (Wildman–Crippen MR) is 92.8 cm³/mol. The molecule has 0 unspecified atom stereocenters. The maximum atomic E-state index is 12.4. The number of sulfone groups is 1. The number of amides is 1. The number of hydrogen-bond acceptors (Lipinski definition) is 7. The topological polar surface area (TPSA) is 111 Å². The van der Waals surface area contributed by atoms with Crippen molar-refractivity contribution in [3.05, 3.63) is 36.0 Å². The molecule has 8 nitrogen and oxygen atoms in total. The molecule has 1 N–H and O–H groups in total. The summed E-state index contributed by atoms with van der Waals surface area (Å²) in [7, 11) is -1.98. The molecule has 26 heavy (non-hydrogen) atoms. The first-order chi connectivity index (χ1) is 12.5. The largest absolute Gasteiger partial charge is 0.497 e. The van der Waals surface area contributed by atoms with Gasteiger partial charge in [-0.25, -0.2) is 8.42 Å². The monoisotopic (exact) mass is 379 g/mol. The van der Waals surface area contributed by atoms with Crippen LogP contribution >= 0.6 is 0 Å². The van der Waals surface area contributed by atoms with E-state index in [-0.39, 0.29) is 34.8 Å². The zero-order valence-electron chi connectivity index (χ0n) is 14.5. The van der Waals surface area contributed by atoms with Gasteiger partial charge in [-0.15, -0.1) is 0 Å². The lowest BCUT2D eigenvalue weighted by molar-refractivity contribution is 0.0893. The van der Waals surface area contributed by atoms with Gasteiger partial charge in [0.1, 0.15) is 5.75 Å². The van der Waals surface area contributed by atoms with E-state index in [0.29, 0.717) is 5.75 Å². The first-order valence-electron chi connectivity index (χ1n) is 8.48. The molecule has 0 aliphatic heterocycles. The summed E-state index contributed by atoms with van der Waals surface area (Å²) in [5, 5.41) is 6.56. The van der Waals surface area contributed by atoms with Gasteiger partial charge in [0.2, 0.25) is 0 Å². The van der Waals surface area contributed by atoms with Crippen LogP contribution in [0.2, 0.25) is 0 Å². The van der Waals surface area contributed by atoms with Gasteiger partial charge in [0.15, 0.2) is 15.7 Å². The van der Waals surface area contributed by atoms with E-state index in [0.717, 1.165) is 25.7 Å². The van der Waals surface area contributed by atoms with Gasteiger partial charge in [0.25, 0.3) is 0 Å². The van der Waals surface area contributed by atoms with E-state index in [4.69, 9.17) is 9.26 Å². The van der Waals surface area contributed by atoms with Crippen LogP contribution in [0.4, 0.5) is 0 Å². The van der Waals surface area contributed by atoms with Gasteiger partial charge in [0, 0.05) is 12.5 Å². The Kier molecular flexibility index (Phi) is 5.55. The van der Waals surface area contributed by atoms with Crippen molar-refractivity contribution >= 4 is 15.7 Å². The van der Waals surface area contributed by atoms with Crippen LogP contribution < -0.4 is 10.1 Å². The number of nitrogens with zero attached hydrogens (tertiary/aromatic N) is 2. The van der Waals surface area contributed by atoms with Crippen LogP contribution in [0.25, 0.3) is 0 Å². The van der Waals surface area contributed by atoms with Crippen LogP contribution in [-0.2, 0) is 16.3 Å². The Morgan fingerprint density at radius 1 is 1.27 bits per heavy atom. The molecule has 3 rings (SSSR count). The number of carbonyl (C=O) groups is 1. The molecule has 1 fully saturated rings. The van der Waals surface area contributed by atoms with Gasteiger partial charge in [-0.2, -0.15) is 4.98 Å². The van der Waals surface area contributed by atoms with Gasteiger partial charge in [0.05, 0.1) is 17.8 Å². The van der Waals surface area contributed by atoms with E-state index < -0.39 is 15.7 Å². The molecule has 1 aliphatic rings. The fourth-order valence-electron chi connectivity index (χ4n) is 2.89. The highest BCUT2D eigenvalue weighted by atomic mass is 32.2. The van der Waals surface area contributed by atoms with Crippen molar-refractivity contribution in [2.45, 2.75) is 43.0 Å². The number of rotatable bonds is 7. The van der Waals surface area contributed by atoms with Crippen LogP contribution in [-0.4, -0.2) is 43.4 Å². The van der Waals surface area contributed by atoms with Crippen molar-refractivity contribution in [1.29, 1.82) is 0 Å². The third-order valence-corrected chi connectivity index (χ3v) is 6.10. The second-order valence-electron chi connectivity index (χ2n) is 6.22. The third-order valence-electron chi connectivity index (χ3n) is 4.37. The summed E-state index contributed by atoms with van der Waals surface area (Å²) in [6.45, 7) is 0. The Bertz CT molecular complexity index is 855. The van der Waals surface area contributed by atoms with E-state index in [1.807, 2.05) is 0 Å². The first-order valence-corrected chi connectivity index (χ1v) is 10.1. The molecule has 9 heteroatoms. The van der Waals surface area contributed by atoms with Crippen molar-refractivity contribution in [3.8, 4) is 5.75 Å². The normalized spacial score (nSPS) is 15.1. The van der Waals surface area contributed by atoms with Crippen LogP contribution in [0.3, 0.4) is 0 Å². The molecular weight excluding hydrogens is 358 g/mol. The minimum absolute atomic E-state index is 0.0641. The van der Waals surface area contributed by atoms with Crippen LogP contribution in [0.15, 0.2) is 33.7 Å². The highest BCUT2D eigenvalue weighted by Crippen LogP contribution is 2.19. The van der Waals surface area contributed by atoms with E-state index in [1.54, 1.807) is 12.1 Å². The van der Waals surface area contributed by atoms with Gasteiger partial charge in [-0.1, -0.05) is 18.0 Å². The summed E-state index contributed by atoms with van der Waals surface area (Å²) in [5.41, 5.74) is 0. The summed E-state index contributed by atoms with van der Waals surface area (Å²) in [6, 6.07) is 6.31. The van der Waals surface area contributed by atoms with Crippen LogP contribution in [0.5, 0.6) is 5.75 Å². The molecule has 2 aromatic rings. The predicted octanol–water partition coefficient (Wildman–Crippen LogP) is 1.77. The zero-order chi connectivity index (χ0) is 18.6. The molecule has 0 spiro atoms. The lowest BCUT2D eigenvalue weighted by Gasteiger charge is -2.08. The molecule has 0 saturated heterocycles. The average molecular weight is 379 g/mol. The van der Waals surface area contributed by atoms with Gasteiger partial charge < -0.3 is 14.6 Å². The molecule has 1 aromatic carbocycles. The number of methoxy groups -OCH3 is 1. The molecule has 1 aromatic heterocycles. The number of benzene rings is 1. The molecule has 1 heterocycles. The van der Waals surface area contributed by atoms with Crippen molar-refractivity contribution in [2.24, 2.45) is 0 Å². The highest BCUT2D eigenvalue weighted by molar-refractivity contribution is 7.91. The molecule has 1 amide bonds. The lowest BCUT2D eigenvalue weighted by Crippen LogP contribution is -2.32. The zero-order valence-corrected chi connectivity index (χ0v) is 15.3. The number of carbonyl (C=O) groups excluding carboxylic acids is 1. The molecule has 1 aliphatic carbocycles. The minimum Gasteiger partial charge on any atom is -0.497 e. The second-order valence-corrected chi connectivity index (χ2v) is 8.32. The Labute approximate surface area is 151 Å². The highest BCUT2D eigenvalue weighted by Gasteiger charge is 2.22. The number of nitrogens with one attached hydrogen (secondary N) is 1. The van der Waals surface area contributed by atoms with E-state index in [2.05, 4.69) is 15.5 Å². The van der Waals surface area contributed by atoms with Gasteiger partial charge in [-0.05, 0) is 37.1 Å². The Balaban J connectivity index is 1.58. The third kappa shape index (κ3) is 4.40. The molecular formula is C17H21N3O5S. The lowest BCUT2D eigenvalue weighted by atomic mass is 10.2. The first kappa shape index (κ1) is 18.4. The molecule has 0 bridgehead atoms. The quantitative estimate of drug-likeness (QED) is 0.780. The van der Waals surface area contributed by atoms with E-state index in [1.165, 1.54) is 19.2 Å². The number of ether oxygens (including phenoxy) is 1. The average Bonchev–Trinajstić information content (AvgIpc) is 3.32. The van der Waals surface area contributed by atoms with E-state index >= 15 is 0 Å². The van der Waals surface area contributed by atoms with Gasteiger partial charge in [-0.3, -0.25) is 4.79 Å². The minimum atomic E-state index is -3.49. The van der Waals surface area contributed by atoms with Crippen molar-refractivity contribution in [3.63, 3.8) is 0 Å². The number of aromatic nitrogens is 2. The van der Waals surface area contributed by atoms with Crippen molar-refractivity contribution in [2.75, 3.05) is 12.9 Å². The molecule has 0 radical (unpaired) electrons. The Morgan fingerprint density at radius 2 is 1.96 bits per heavy atom. The van der Waals surface area contributed by atoms with Crippen molar-refractivity contribution < 1.29 is 22.5 Å². The Morgan fingerprint density at radius 3 is 2.62 bits per heavy atom. The summed E-state index contributed by atoms with van der Waals surface area (Å²) in [4.78, 5) is 16.3. The standard InChI is InChI=1S/C17H21N3O5S/c1-24-13-6-8-14(9-7-13)26(22,23)11-10-15-19-17(25-20-15)16(21)18-12-4-2-3-5-12/h6-9,12H,2-5,10-11H2,1H3,(H,18,21). The smallest absolute Gasteiger partial charge is 0.315 e. The molecule has 1 saturated carbocycles. The van der Waals surface area contributed by atoms with Crippen LogP contribution in [0.1, 0.15) is 42.2 Å². The van der Waals surface area contributed by atoms with E-state index in [9.17, 15) is 13.2 Å². The number of aryl methyl sites for hydroxylation is 1.